The average Bonchev–Trinajstić information content (AvgIpc) is 3.09. The minimum Gasteiger partial charge on any atom is -0.395 e. The van der Waals surface area contributed by atoms with Crippen molar-refractivity contribution in [2.45, 2.75) is 31.7 Å². The molecule has 0 amide bonds. The van der Waals surface area contributed by atoms with Crippen LogP contribution in [0.3, 0.4) is 0 Å². The number of aliphatic hydroxyl groups is 1. The Bertz CT molecular complexity index is 438. The van der Waals surface area contributed by atoms with Crippen LogP contribution in [-0.2, 0) is 12.8 Å². The van der Waals surface area contributed by atoms with Gasteiger partial charge in [0.2, 0.25) is 0 Å². The van der Waals surface area contributed by atoms with Gasteiger partial charge in [-0.1, -0.05) is 60.7 Å². The highest BCUT2D eigenvalue weighted by molar-refractivity contribution is 5.19. The van der Waals surface area contributed by atoms with Crippen molar-refractivity contribution in [1.29, 1.82) is 0 Å². The van der Waals surface area contributed by atoms with E-state index >= 15 is 0 Å². The molecule has 2 N–H and O–H groups in total. The Morgan fingerprint density at radius 3 is 1.71 bits per heavy atom. The topological polar surface area (TPSA) is 32.3 Å². The van der Waals surface area contributed by atoms with E-state index in [9.17, 15) is 0 Å². The van der Waals surface area contributed by atoms with E-state index in [1.165, 1.54) is 17.5 Å². The summed E-state index contributed by atoms with van der Waals surface area (Å²) in [7, 11) is 0. The Kier molecular flexibility index (Phi) is 6.99. The second-order valence-corrected chi connectivity index (χ2v) is 5.45. The first-order valence-corrected chi connectivity index (χ1v) is 7.80. The molecule has 1 heterocycles. The van der Waals surface area contributed by atoms with Gasteiger partial charge in [0, 0.05) is 6.04 Å². The van der Waals surface area contributed by atoms with Crippen LogP contribution < -0.4 is 5.32 Å². The zero-order chi connectivity index (χ0) is 14.8. The van der Waals surface area contributed by atoms with Gasteiger partial charge in [0.1, 0.15) is 0 Å². The predicted octanol–water partition coefficient (Wildman–Crippen LogP) is 3.20. The summed E-state index contributed by atoms with van der Waals surface area (Å²) in [5.74, 6) is 0. The number of nitrogens with one attached hydrogen (secondary N) is 1. The van der Waals surface area contributed by atoms with Crippen molar-refractivity contribution in [1.82, 2.24) is 5.32 Å². The van der Waals surface area contributed by atoms with E-state index in [1.807, 2.05) is 0 Å². The molecule has 2 aromatic carbocycles. The molecule has 1 saturated heterocycles. The first-order valence-electron chi connectivity index (χ1n) is 7.80. The van der Waals surface area contributed by atoms with Crippen LogP contribution in [0.1, 0.15) is 24.0 Å². The number of aliphatic hydroxyl groups excluding tert-OH is 1. The number of benzene rings is 2. The van der Waals surface area contributed by atoms with Crippen LogP contribution in [0.2, 0.25) is 0 Å². The fourth-order valence-corrected chi connectivity index (χ4v) is 2.49. The molecule has 0 bridgehead atoms. The standard InChI is InChI=1S/C14H14.C5H11NO/c1-3-7-13(8-4-1)11-12-14-9-5-2-6-10-14;7-4-5-2-1-3-6-5/h1-10H,11-12H2;5-7H,1-4H2. The van der Waals surface area contributed by atoms with Crippen LogP contribution in [-0.4, -0.2) is 24.3 Å². The summed E-state index contributed by atoms with van der Waals surface area (Å²) >= 11 is 0. The second-order valence-electron chi connectivity index (χ2n) is 5.45. The van der Waals surface area contributed by atoms with Crippen molar-refractivity contribution >= 4 is 0 Å². The second kappa shape index (κ2) is 9.32. The third-order valence-electron chi connectivity index (χ3n) is 3.77. The fraction of sp³-hybridized carbons (Fsp3) is 0.368. The molecule has 2 heteroatoms. The minimum absolute atomic E-state index is 0.306. The van der Waals surface area contributed by atoms with Crippen LogP contribution in [0, 0.1) is 0 Å². The SMILES string of the molecule is OCC1CCCN1.c1ccc(CCc2ccccc2)cc1. The van der Waals surface area contributed by atoms with E-state index in [1.54, 1.807) is 0 Å². The van der Waals surface area contributed by atoms with Crippen LogP contribution in [0.15, 0.2) is 60.7 Å². The Morgan fingerprint density at radius 1 is 0.857 bits per heavy atom. The molecule has 1 aliphatic heterocycles. The molecule has 0 aromatic heterocycles. The van der Waals surface area contributed by atoms with Gasteiger partial charge in [-0.05, 0) is 43.4 Å². The Hall–Kier alpha value is -1.64. The van der Waals surface area contributed by atoms with E-state index in [2.05, 4.69) is 66.0 Å². The molecule has 1 unspecified atom stereocenters. The summed E-state index contributed by atoms with van der Waals surface area (Å²) in [6, 6.07) is 21.6. The van der Waals surface area contributed by atoms with E-state index in [4.69, 9.17) is 5.11 Å². The Labute approximate surface area is 127 Å². The minimum atomic E-state index is 0.306. The maximum absolute atomic E-state index is 8.50. The summed E-state index contributed by atoms with van der Waals surface area (Å²) in [4.78, 5) is 0. The molecule has 2 aromatic rings. The maximum Gasteiger partial charge on any atom is 0.0584 e. The van der Waals surface area contributed by atoms with Gasteiger partial charge in [-0.2, -0.15) is 0 Å². The van der Waals surface area contributed by atoms with Crippen molar-refractivity contribution in [2.24, 2.45) is 0 Å². The van der Waals surface area contributed by atoms with Gasteiger partial charge in [-0.3, -0.25) is 0 Å². The summed E-state index contributed by atoms with van der Waals surface area (Å²) in [6.07, 6.45) is 4.64. The highest BCUT2D eigenvalue weighted by Gasteiger charge is 2.10. The first kappa shape index (κ1) is 15.7. The lowest BCUT2D eigenvalue weighted by molar-refractivity contribution is 0.255. The lowest BCUT2D eigenvalue weighted by Crippen LogP contribution is -2.24. The molecule has 112 valence electrons. The molecule has 0 spiro atoms. The van der Waals surface area contributed by atoms with Gasteiger partial charge < -0.3 is 10.4 Å². The van der Waals surface area contributed by atoms with Crippen molar-refractivity contribution in [3.8, 4) is 0 Å². The van der Waals surface area contributed by atoms with Crippen molar-refractivity contribution in [3.63, 3.8) is 0 Å². The van der Waals surface area contributed by atoms with Gasteiger partial charge in [-0.25, -0.2) is 0 Å². The molecular formula is C19H25NO. The molecule has 0 radical (unpaired) electrons. The number of aryl methyl sites for hydroxylation is 2. The Morgan fingerprint density at radius 2 is 1.38 bits per heavy atom. The van der Waals surface area contributed by atoms with Gasteiger partial charge in [-0.15, -0.1) is 0 Å². The third-order valence-corrected chi connectivity index (χ3v) is 3.77. The lowest BCUT2D eigenvalue weighted by Gasteiger charge is -2.01. The quantitative estimate of drug-likeness (QED) is 0.903. The molecule has 0 saturated carbocycles. The van der Waals surface area contributed by atoms with E-state index in [-0.39, 0.29) is 0 Å². The summed E-state index contributed by atoms with van der Waals surface area (Å²) in [5, 5.41) is 11.7. The van der Waals surface area contributed by atoms with Crippen molar-refractivity contribution in [3.05, 3.63) is 71.8 Å². The molecule has 0 aliphatic carbocycles. The van der Waals surface area contributed by atoms with Crippen LogP contribution >= 0.6 is 0 Å². The van der Waals surface area contributed by atoms with Crippen molar-refractivity contribution in [2.75, 3.05) is 13.2 Å². The van der Waals surface area contributed by atoms with E-state index < -0.39 is 0 Å². The lowest BCUT2D eigenvalue weighted by atomic mass is 10.0. The molecule has 1 atom stereocenters. The van der Waals surface area contributed by atoms with Gasteiger partial charge in [0.05, 0.1) is 6.61 Å². The molecule has 3 rings (SSSR count). The highest BCUT2D eigenvalue weighted by atomic mass is 16.3. The van der Waals surface area contributed by atoms with E-state index in [0.717, 1.165) is 25.8 Å². The summed E-state index contributed by atoms with van der Waals surface area (Å²) in [5.41, 5.74) is 2.83. The van der Waals surface area contributed by atoms with Gasteiger partial charge >= 0.3 is 0 Å². The molecular weight excluding hydrogens is 258 g/mol. The molecule has 21 heavy (non-hydrogen) atoms. The molecule has 1 fully saturated rings. The monoisotopic (exact) mass is 283 g/mol. The summed E-state index contributed by atoms with van der Waals surface area (Å²) < 4.78 is 0. The Balaban J connectivity index is 0.000000194. The average molecular weight is 283 g/mol. The highest BCUT2D eigenvalue weighted by Crippen LogP contribution is 2.06. The zero-order valence-corrected chi connectivity index (χ0v) is 12.5. The predicted molar refractivity (Wildman–Crippen MR) is 88.4 cm³/mol. The van der Waals surface area contributed by atoms with Gasteiger partial charge in [0.25, 0.3) is 0 Å². The van der Waals surface area contributed by atoms with Crippen LogP contribution in [0.4, 0.5) is 0 Å². The smallest absolute Gasteiger partial charge is 0.0584 e. The number of hydrogen-bond donors (Lipinski definition) is 2. The van der Waals surface area contributed by atoms with Crippen LogP contribution in [0.25, 0.3) is 0 Å². The van der Waals surface area contributed by atoms with Crippen molar-refractivity contribution < 1.29 is 5.11 Å². The number of rotatable bonds is 4. The fourth-order valence-electron chi connectivity index (χ4n) is 2.49. The van der Waals surface area contributed by atoms with Crippen LogP contribution in [0.5, 0.6) is 0 Å². The summed E-state index contributed by atoms with van der Waals surface area (Å²) in [6.45, 7) is 1.39. The first-order chi connectivity index (χ1) is 10.4. The largest absolute Gasteiger partial charge is 0.395 e. The molecule has 2 nitrogen and oxygen atoms in total. The maximum atomic E-state index is 8.50. The van der Waals surface area contributed by atoms with Gasteiger partial charge in [0.15, 0.2) is 0 Å². The zero-order valence-electron chi connectivity index (χ0n) is 12.5. The normalized spacial score (nSPS) is 17.1. The molecule has 1 aliphatic rings. The van der Waals surface area contributed by atoms with E-state index in [0.29, 0.717) is 12.6 Å². The third kappa shape index (κ3) is 6.11. The number of hydrogen-bond acceptors (Lipinski definition) is 2.